The standard InChI is InChI=1S/C17H34N2/c1-14(2)18-9-5-4-6-10-19(3)13-17-12-15-7-8-16(17)11-15/h14-18H,4-13H2,1-3H3. The molecule has 2 fully saturated rings. The number of nitrogens with one attached hydrogen (secondary N) is 1. The summed E-state index contributed by atoms with van der Waals surface area (Å²) in [6.07, 6.45) is 10.2. The van der Waals surface area contributed by atoms with Gasteiger partial charge in [0.15, 0.2) is 0 Å². The van der Waals surface area contributed by atoms with Gasteiger partial charge in [-0.3, -0.25) is 0 Å². The van der Waals surface area contributed by atoms with Gasteiger partial charge in [0.1, 0.15) is 0 Å². The van der Waals surface area contributed by atoms with Crippen molar-refractivity contribution in [2.75, 3.05) is 26.7 Å². The first kappa shape index (κ1) is 15.3. The van der Waals surface area contributed by atoms with Crippen LogP contribution in [0.5, 0.6) is 0 Å². The lowest BCUT2D eigenvalue weighted by molar-refractivity contribution is 0.217. The molecular weight excluding hydrogens is 232 g/mol. The number of fused-ring (bicyclic) bond motifs is 2. The maximum absolute atomic E-state index is 3.50. The molecule has 2 aliphatic carbocycles. The molecular formula is C17H34N2. The van der Waals surface area contributed by atoms with E-state index in [4.69, 9.17) is 0 Å². The Hall–Kier alpha value is -0.0800. The third-order valence-corrected chi connectivity index (χ3v) is 5.20. The highest BCUT2D eigenvalue weighted by Crippen LogP contribution is 2.48. The van der Waals surface area contributed by atoms with Crippen molar-refractivity contribution in [3.63, 3.8) is 0 Å². The van der Waals surface area contributed by atoms with Crippen molar-refractivity contribution >= 4 is 0 Å². The summed E-state index contributed by atoms with van der Waals surface area (Å²) in [5, 5.41) is 3.50. The molecule has 0 aromatic rings. The Morgan fingerprint density at radius 2 is 1.95 bits per heavy atom. The zero-order valence-corrected chi connectivity index (χ0v) is 13.3. The van der Waals surface area contributed by atoms with Crippen LogP contribution in [0.25, 0.3) is 0 Å². The average molecular weight is 266 g/mol. The Balaban J connectivity index is 1.47. The van der Waals surface area contributed by atoms with Gasteiger partial charge in [-0.1, -0.05) is 26.7 Å². The Morgan fingerprint density at radius 1 is 1.11 bits per heavy atom. The minimum atomic E-state index is 0.639. The fourth-order valence-corrected chi connectivity index (χ4v) is 4.17. The molecule has 1 N–H and O–H groups in total. The van der Waals surface area contributed by atoms with E-state index in [1.54, 1.807) is 6.42 Å². The van der Waals surface area contributed by atoms with Gasteiger partial charge < -0.3 is 10.2 Å². The summed E-state index contributed by atoms with van der Waals surface area (Å²) in [4.78, 5) is 2.60. The molecule has 0 radical (unpaired) electrons. The highest BCUT2D eigenvalue weighted by Gasteiger charge is 2.39. The molecule has 0 aromatic heterocycles. The lowest BCUT2D eigenvalue weighted by atomic mass is 9.88. The van der Waals surface area contributed by atoms with E-state index < -0.39 is 0 Å². The number of hydrogen-bond donors (Lipinski definition) is 1. The van der Waals surface area contributed by atoms with E-state index in [-0.39, 0.29) is 0 Å². The molecule has 0 aliphatic heterocycles. The SMILES string of the molecule is CC(C)NCCCCCN(C)CC1CC2CCC1C2. The summed E-state index contributed by atoms with van der Waals surface area (Å²) >= 11 is 0. The predicted octanol–water partition coefficient (Wildman–Crippen LogP) is 3.52. The lowest BCUT2D eigenvalue weighted by Crippen LogP contribution is -2.29. The zero-order chi connectivity index (χ0) is 13.7. The second kappa shape index (κ2) is 7.64. The van der Waals surface area contributed by atoms with Gasteiger partial charge in [0.2, 0.25) is 0 Å². The fourth-order valence-electron chi connectivity index (χ4n) is 4.17. The van der Waals surface area contributed by atoms with Gasteiger partial charge in [0.25, 0.3) is 0 Å². The van der Waals surface area contributed by atoms with Crippen LogP contribution >= 0.6 is 0 Å². The first-order valence-electron chi connectivity index (χ1n) is 8.57. The van der Waals surface area contributed by atoms with Gasteiger partial charge in [0, 0.05) is 12.6 Å². The van der Waals surface area contributed by atoms with Crippen LogP contribution in [0.15, 0.2) is 0 Å². The third-order valence-electron chi connectivity index (χ3n) is 5.20. The van der Waals surface area contributed by atoms with Gasteiger partial charge >= 0.3 is 0 Å². The van der Waals surface area contributed by atoms with E-state index in [0.29, 0.717) is 6.04 Å². The lowest BCUT2D eigenvalue weighted by Gasteiger charge is -2.27. The summed E-state index contributed by atoms with van der Waals surface area (Å²) < 4.78 is 0. The molecule has 19 heavy (non-hydrogen) atoms. The third kappa shape index (κ3) is 5.07. The van der Waals surface area contributed by atoms with Crippen LogP contribution in [-0.2, 0) is 0 Å². The molecule has 3 atom stereocenters. The summed E-state index contributed by atoms with van der Waals surface area (Å²) in [6.45, 7) is 8.31. The Labute approximate surface area is 120 Å². The van der Waals surface area contributed by atoms with E-state index in [1.165, 1.54) is 58.2 Å². The average Bonchev–Trinajstić information content (AvgIpc) is 2.95. The Kier molecular flexibility index (Phi) is 6.15. The zero-order valence-electron chi connectivity index (χ0n) is 13.3. The summed E-state index contributed by atoms with van der Waals surface area (Å²) in [5.74, 6) is 3.22. The summed E-state index contributed by atoms with van der Waals surface area (Å²) in [6, 6.07) is 0.639. The fraction of sp³-hybridized carbons (Fsp3) is 1.00. The van der Waals surface area contributed by atoms with E-state index in [9.17, 15) is 0 Å². The number of hydrogen-bond acceptors (Lipinski definition) is 2. The van der Waals surface area contributed by atoms with Gasteiger partial charge in [-0.2, -0.15) is 0 Å². The molecule has 0 heterocycles. The van der Waals surface area contributed by atoms with Crippen LogP contribution in [0.2, 0.25) is 0 Å². The van der Waals surface area contributed by atoms with Crippen LogP contribution in [0.4, 0.5) is 0 Å². The molecule has 2 bridgehead atoms. The maximum atomic E-state index is 3.50. The van der Waals surface area contributed by atoms with Crippen LogP contribution in [0, 0.1) is 17.8 Å². The van der Waals surface area contributed by atoms with Crippen LogP contribution in [0.1, 0.15) is 58.8 Å². The highest BCUT2D eigenvalue weighted by atomic mass is 15.1. The summed E-state index contributed by atoms with van der Waals surface area (Å²) in [5.41, 5.74) is 0. The second-order valence-corrected chi connectivity index (χ2v) is 7.37. The van der Waals surface area contributed by atoms with Crippen molar-refractivity contribution in [3.8, 4) is 0 Å². The van der Waals surface area contributed by atoms with Crippen molar-refractivity contribution in [3.05, 3.63) is 0 Å². The van der Waals surface area contributed by atoms with Gasteiger partial charge in [-0.25, -0.2) is 0 Å². The number of rotatable bonds is 9. The molecule has 2 saturated carbocycles. The van der Waals surface area contributed by atoms with E-state index in [0.717, 1.165) is 17.8 Å². The highest BCUT2D eigenvalue weighted by molar-refractivity contribution is 4.90. The molecule has 2 nitrogen and oxygen atoms in total. The van der Waals surface area contributed by atoms with Crippen molar-refractivity contribution in [1.82, 2.24) is 10.2 Å². The van der Waals surface area contributed by atoms with Crippen molar-refractivity contribution in [1.29, 1.82) is 0 Å². The van der Waals surface area contributed by atoms with E-state index >= 15 is 0 Å². The van der Waals surface area contributed by atoms with Crippen molar-refractivity contribution in [2.24, 2.45) is 17.8 Å². The van der Waals surface area contributed by atoms with E-state index in [1.807, 2.05) is 0 Å². The van der Waals surface area contributed by atoms with Crippen LogP contribution < -0.4 is 5.32 Å². The Morgan fingerprint density at radius 3 is 2.58 bits per heavy atom. The molecule has 2 heteroatoms. The van der Waals surface area contributed by atoms with Gasteiger partial charge in [-0.15, -0.1) is 0 Å². The monoisotopic (exact) mass is 266 g/mol. The molecule has 0 amide bonds. The molecule has 0 aromatic carbocycles. The molecule has 2 aliphatic rings. The summed E-state index contributed by atoms with van der Waals surface area (Å²) in [7, 11) is 2.33. The van der Waals surface area contributed by atoms with Crippen LogP contribution in [0.3, 0.4) is 0 Å². The molecule has 0 spiro atoms. The minimum absolute atomic E-state index is 0.639. The number of nitrogens with zero attached hydrogens (tertiary/aromatic N) is 1. The Bertz CT molecular complexity index is 252. The van der Waals surface area contributed by atoms with Gasteiger partial charge in [-0.05, 0) is 70.0 Å². The first-order chi connectivity index (χ1) is 9.15. The number of unbranched alkanes of at least 4 members (excludes halogenated alkanes) is 2. The smallest absolute Gasteiger partial charge is 0.00103 e. The second-order valence-electron chi connectivity index (χ2n) is 7.37. The largest absolute Gasteiger partial charge is 0.315 e. The normalized spacial score (nSPS) is 29.8. The van der Waals surface area contributed by atoms with Crippen molar-refractivity contribution in [2.45, 2.75) is 64.8 Å². The first-order valence-corrected chi connectivity index (χ1v) is 8.57. The quantitative estimate of drug-likeness (QED) is 0.642. The van der Waals surface area contributed by atoms with E-state index in [2.05, 4.69) is 31.1 Å². The molecule has 112 valence electrons. The van der Waals surface area contributed by atoms with Crippen LogP contribution in [-0.4, -0.2) is 37.6 Å². The molecule has 3 unspecified atom stereocenters. The van der Waals surface area contributed by atoms with Gasteiger partial charge in [0.05, 0.1) is 0 Å². The molecule has 2 rings (SSSR count). The maximum Gasteiger partial charge on any atom is 0.00103 e. The minimum Gasteiger partial charge on any atom is -0.315 e. The topological polar surface area (TPSA) is 15.3 Å². The predicted molar refractivity (Wildman–Crippen MR) is 83.4 cm³/mol. The molecule has 0 saturated heterocycles. The van der Waals surface area contributed by atoms with Crippen molar-refractivity contribution < 1.29 is 0 Å².